The monoisotopic (exact) mass is 246 g/mol. The van der Waals surface area contributed by atoms with Gasteiger partial charge in [0.1, 0.15) is 6.10 Å². The van der Waals surface area contributed by atoms with E-state index in [1.165, 1.54) is 0 Å². The van der Waals surface area contributed by atoms with Gasteiger partial charge in [-0.1, -0.05) is 47.5 Å². The van der Waals surface area contributed by atoms with Crippen molar-refractivity contribution >= 4 is 11.6 Å². The Morgan fingerprint density at radius 3 is 2.47 bits per heavy atom. The minimum Gasteiger partial charge on any atom is -0.384 e. The van der Waals surface area contributed by atoms with E-state index < -0.39 is 6.10 Å². The summed E-state index contributed by atoms with van der Waals surface area (Å²) in [5.41, 5.74) is 3.97. The van der Waals surface area contributed by atoms with Crippen LogP contribution in [0.2, 0.25) is 5.02 Å². The number of rotatable bonds is 2. The molecule has 0 aliphatic heterocycles. The molecule has 1 nitrogen and oxygen atoms in total. The van der Waals surface area contributed by atoms with E-state index in [1.54, 1.807) is 0 Å². The summed E-state index contributed by atoms with van der Waals surface area (Å²) in [6, 6.07) is 13.5. The molecule has 0 fully saturated rings. The lowest BCUT2D eigenvalue weighted by atomic mass is 9.96. The zero-order chi connectivity index (χ0) is 12.4. The molecular formula is C15H15ClO. The van der Waals surface area contributed by atoms with E-state index in [0.717, 1.165) is 22.3 Å². The van der Waals surface area contributed by atoms with Gasteiger partial charge in [-0.25, -0.2) is 0 Å². The first kappa shape index (κ1) is 12.2. The molecule has 2 aromatic carbocycles. The van der Waals surface area contributed by atoms with Crippen LogP contribution >= 0.6 is 11.6 Å². The van der Waals surface area contributed by atoms with Crippen molar-refractivity contribution in [1.82, 2.24) is 0 Å². The Morgan fingerprint density at radius 2 is 1.82 bits per heavy atom. The van der Waals surface area contributed by atoms with Gasteiger partial charge in [0.05, 0.1) is 0 Å². The smallest absolute Gasteiger partial charge is 0.104 e. The molecule has 1 atom stereocenters. The standard InChI is InChI=1S/C15H15ClO/c1-10-4-3-5-12(8-10)15(17)14-7-6-13(16)9-11(14)2/h3-9,15,17H,1-2H3. The number of halogens is 1. The molecule has 0 aliphatic rings. The first-order valence-electron chi connectivity index (χ1n) is 5.58. The molecular weight excluding hydrogens is 232 g/mol. The summed E-state index contributed by atoms with van der Waals surface area (Å²) in [6.45, 7) is 3.98. The largest absolute Gasteiger partial charge is 0.384 e. The van der Waals surface area contributed by atoms with Crippen LogP contribution in [0.4, 0.5) is 0 Å². The minimum atomic E-state index is -0.591. The van der Waals surface area contributed by atoms with Crippen molar-refractivity contribution in [2.24, 2.45) is 0 Å². The van der Waals surface area contributed by atoms with Gasteiger partial charge in [-0.3, -0.25) is 0 Å². The summed E-state index contributed by atoms with van der Waals surface area (Å²) in [5, 5.41) is 11.0. The summed E-state index contributed by atoms with van der Waals surface area (Å²) >= 11 is 5.91. The molecule has 0 aromatic heterocycles. The van der Waals surface area contributed by atoms with Gasteiger partial charge in [-0.15, -0.1) is 0 Å². The summed E-state index contributed by atoms with van der Waals surface area (Å²) in [5.74, 6) is 0. The summed E-state index contributed by atoms with van der Waals surface area (Å²) < 4.78 is 0. The fourth-order valence-corrected chi connectivity index (χ4v) is 2.19. The molecule has 0 spiro atoms. The predicted octanol–water partition coefficient (Wildman–Crippen LogP) is 4.04. The summed E-state index contributed by atoms with van der Waals surface area (Å²) in [4.78, 5) is 0. The highest BCUT2D eigenvalue weighted by Crippen LogP contribution is 2.27. The normalized spacial score (nSPS) is 12.5. The molecule has 2 heteroatoms. The van der Waals surface area contributed by atoms with Crippen LogP contribution in [0, 0.1) is 13.8 Å². The Kier molecular flexibility index (Phi) is 3.51. The Hall–Kier alpha value is -1.31. The van der Waals surface area contributed by atoms with Crippen LogP contribution in [0.3, 0.4) is 0 Å². The van der Waals surface area contributed by atoms with Crippen LogP contribution in [-0.4, -0.2) is 5.11 Å². The average Bonchev–Trinajstić information content (AvgIpc) is 2.28. The third kappa shape index (κ3) is 2.68. The van der Waals surface area contributed by atoms with Gasteiger partial charge in [0.2, 0.25) is 0 Å². The summed E-state index contributed by atoms with van der Waals surface area (Å²) in [7, 11) is 0. The zero-order valence-corrected chi connectivity index (χ0v) is 10.7. The molecule has 1 N–H and O–H groups in total. The zero-order valence-electron chi connectivity index (χ0n) is 9.94. The Balaban J connectivity index is 2.40. The predicted molar refractivity (Wildman–Crippen MR) is 71.4 cm³/mol. The number of hydrogen-bond donors (Lipinski definition) is 1. The maximum Gasteiger partial charge on any atom is 0.104 e. The van der Waals surface area contributed by atoms with Crippen LogP contribution in [0.25, 0.3) is 0 Å². The SMILES string of the molecule is Cc1cccc(C(O)c2ccc(Cl)cc2C)c1. The van der Waals surface area contributed by atoms with Crippen molar-refractivity contribution in [3.05, 3.63) is 69.7 Å². The van der Waals surface area contributed by atoms with Crippen LogP contribution in [0.5, 0.6) is 0 Å². The van der Waals surface area contributed by atoms with Gasteiger partial charge in [0, 0.05) is 5.02 Å². The van der Waals surface area contributed by atoms with Crippen LogP contribution < -0.4 is 0 Å². The van der Waals surface area contributed by atoms with Crippen molar-refractivity contribution in [2.45, 2.75) is 20.0 Å². The Labute approximate surface area is 107 Å². The molecule has 0 aliphatic carbocycles. The lowest BCUT2D eigenvalue weighted by molar-refractivity contribution is 0.219. The van der Waals surface area contributed by atoms with Crippen LogP contribution in [0.15, 0.2) is 42.5 Å². The first-order chi connectivity index (χ1) is 8.08. The molecule has 0 heterocycles. The van der Waals surface area contributed by atoms with E-state index >= 15 is 0 Å². The average molecular weight is 247 g/mol. The molecule has 0 bridgehead atoms. The van der Waals surface area contributed by atoms with Crippen molar-refractivity contribution < 1.29 is 5.11 Å². The number of hydrogen-bond acceptors (Lipinski definition) is 1. The second-order valence-corrected chi connectivity index (χ2v) is 4.75. The molecule has 2 aromatic rings. The fraction of sp³-hybridized carbons (Fsp3) is 0.200. The molecule has 0 saturated carbocycles. The third-order valence-corrected chi connectivity index (χ3v) is 3.12. The molecule has 17 heavy (non-hydrogen) atoms. The molecule has 0 amide bonds. The van der Waals surface area contributed by atoms with E-state index in [9.17, 15) is 5.11 Å². The molecule has 88 valence electrons. The number of aryl methyl sites for hydroxylation is 2. The van der Waals surface area contributed by atoms with Crippen LogP contribution in [0.1, 0.15) is 28.4 Å². The van der Waals surface area contributed by atoms with Crippen LogP contribution in [-0.2, 0) is 0 Å². The first-order valence-corrected chi connectivity index (χ1v) is 5.96. The maximum atomic E-state index is 10.3. The van der Waals surface area contributed by atoms with Crippen molar-refractivity contribution in [2.75, 3.05) is 0 Å². The molecule has 0 radical (unpaired) electrons. The molecule has 2 rings (SSSR count). The lowest BCUT2D eigenvalue weighted by Gasteiger charge is -2.15. The third-order valence-electron chi connectivity index (χ3n) is 2.88. The summed E-state index contributed by atoms with van der Waals surface area (Å²) in [6.07, 6.45) is -0.591. The van der Waals surface area contributed by atoms with Gasteiger partial charge in [0.15, 0.2) is 0 Å². The fourth-order valence-electron chi connectivity index (χ4n) is 1.97. The Morgan fingerprint density at radius 1 is 1.06 bits per heavy atom. The van der Waals surface area contributed by atoms with Crippen molar-refractivity contribution in [1.29, 1.82) is 0 Å². The lowest BCUT2D eigenvalue weighted by Crippen LogP contribution is -2.02. The second-order valence-electron chi connectivity index (χ2n) is 4.32. The van der Waals surface area contributed by atoms with Gasteiger partial charge >= 0.3 is 0 Å². The van der Waals surface area contributed by atoms with Gasteiger partial charge in [0.25, 0.3) is 0 Å². The van der Waals surface area contributed by atoms with Gasteiger partial charge in [-0.2, -0.15) is 0 Å². The van der Waals surface area contributed by atoms with E-state index in [2.05, 4.69) is 0 Å². The maximum absolute atomic E-state index is 10.3. The van der Waals surface area contributed by atoms with Crippen molar-refractivity contribution in [3.8, 4) is 0 Å². The van der Waals surface area contributed by atoms with Gasteiger partial charge < -0.3 is 5.11 Å². The molecule has 0 saturated heterocycles. The number of aliphatic hydroxyl groups is 1. The molecule has 1 unspecified atom stereocenters. The number of aliphatic hydroxyl groups excluding tert-OH is 1. The van der Waals surface area contributed by atoms with E-state index in [-0.39, 0.29) is 0 Å². The highest BCUT2D eigenvalue weighted by atomic mass is 35.5. The van der Waals surface area contributed by atoms with E-state index in [0.29, 0.717) is 5.02 Å². The topological polar surface area (TPSA) is 20.2 Å². The van der Waals surface area contributed by atoms with Gasteiger partial charge in [-0.05, 0) is 42.7 Å². The minimum absolute atomic E-state index is 0.591. The number of benzene rings is 2. The second kappa shape index (κ2) is 4.91. The quantitative estimate of drug-likeness (QED) is 0.848. The van der Waals surface area contributed by atoms with Crippen molar-refractivity contribution in [3.63, 3.8) is 0 Å². The highest BCUT2D eigenvalue weighted by molar-refractivity contribution is 6.30. The van der Waals surface area contributed by atoms with E-state index in [1.807, 2.05) is 56.3 Å². The van der Waals surface area contributed by atoms with E-state index in [4.69, 9.17) is 11.6 Å². The highest BCUT2D eigenvalue weighted by Gasteiger charge is 2.12. The Bertz CT molecular complexity index is 534.